The Kier molecular flexibility index (Phi) is 6.56. The van der Waals surface area contributed by atoms with Crippen molar-refractivity contribution in [1.29, 1.82) is 0 Å². The first-order valence-electron chi connectivity index (χ1n) is 12.8. The Hall–Kier alpha value is -3.99. The highest BCUT2D eigenvalue weighted by molar-refractivity contribution is 5.85. The predicted octanol–water partition coefficient (Wildman–Crippen LogP) is 2.81. The molecule has 0 saturated carbocycles. The Bertz CT molecular complexity index is 1570. The van der Waals surface area contributed by atoms with Gasteiger partial charge in [0.2, 0.25) is 5.82 Å². The van der Waals surface area contributed by atoms with Gasteiger partial charge < -0.3 is 15.0 Å². The molecule has 1 aliphatic rings. The summed E-state index contributed by atoms with van der Waals surface area (Å²) >= 11 is 0. The molecule has 0 atom stereocenters. The van der Waals surface area contributed by atoms with Gasteiger partial charge in [-0.15, -0.1) is 10.2 Å². The number of aryl methyl sites for hydroxylation is 1. The number of fused-ring (bicyclic) bond motifs is 2. The van der Waals surface area contributed by atoms with Gasteiger partial charge in [-0.3, -0.25) is 14.0 Å². The minimum absolute atomic E-state index is 0.0441. The van der Waals surface area contributed by atoms with Crippen molar-refractivity contribution in [3.05, 3.63) is 58.0 Å². The standard InChI is InChI=1S/C27H34N8O3/c1-6-38-25(36)24-31-30-22-15-33(11-12-34(22)24)14-17-7-8-19(28)18(13-17)20-9-10-21-23(29-20)32(5)26(37)35(21)16-27(2,3)4/h7-10,13H,6,11-12,14-16,28H2,1-5H3. The van der Waals surface area contributed by atoms with Crippen molar-refractivity contribution < 1.29 is 9.53 Å². The number of nitrogen functional groups attached to an aromatic ring is 1. The maximum Gasteiger partial charge on any atom is 0.376 e. The zero-order valence-electron chi connectivity index (χ0n) is 22.6. The summed E-state index contributed by atoms with van der Waals surface area (Å²) in [5.41, 5.74) is 10.9. The minimum Gasteiger partial charge on any atom is -0.460 e. The summed E-state index contributed by atoms with van der Waals surface area (Å²) in [7, 11) is 1.75. The SMILES string of the molecule is CCOC(=O)c1nnc2n1CCN(Cc1ccc(N)c(-c3ccc4c(n3)n(C)c(=O)n4CC(C)(C)C)c1)C2. The number of ether oxygens (including phenoxy) is 1. The van der Waals surface area contributed by atoms with E-state index < -0.39 is 5.97 Å². The van der Waals surface area contributed by atoms with Gasteiger partial charge in [-0.05, 0) is 42.2 Å². The topological polar surface area (TPSA) is 126 Å². The van der Waals surface area contributed by atoms with E-state index >= 15 is 0 Å². The fourth-order valence-corrected chi connectivity index (χ4v) is 4.92. The number of imidazole rings is 1. The molecule has 0 unspecified atom stereocenters. The van der Waals surface area contributed by atoms with Crippen molar-refractivity contribution in [3.63, 3.8) is 0 Å². The predicted molar refractivity (Wildman–Crippen MR) is 144 cm³/mol. The molecule has 1 aliphatic heterocycles. The maximum atomic E-state index is 12.9. The highest BCUT2D eigenvalue weighted by Gasteiger charge is 2.25. The molecule has 38 heavy (non-hydrogen) atoms. The van der Waals surface area contributed by atoms with Crippen molar-refractivity contribution in [2.24, 2.45) is 12.5 Å². The lowest BCUT2D eigenvalue weighted by molar-refractivity contribution is 0.0502. The molecule has 5 rings (SSSR count). The average molecular weight is 519 g/mol. The lowest BCUT2D eigenvalue weighted by Gasteiger charge is -2.27. The second kappa shape index (κ2) is 9.71. The van der Waals surface area contributed by atoms with Crippen molar-refractivity contribution in [2.45, 2.75) is 53.9 Å². The number of carbonyl (C=O) groups excluding carboxylic acids is 1. The summed E-state index contributed by atoms with van der Waals surface area (Å²) in [5.74, 6) is 0.546. The second-order valence-corrected chi connectivity index (χ2v) is 11.0. The molecule has 1 aromatic carbocycles. The van der Waals surface area contributed by atoms with Crippen molar-refractivity contribution >= 4 is 22.8 Å². The third kappa shape index (κ3) is 4.81. The maximum absolute atomic E-state index is 12.9. The normalized spacial score (nSPS) is 14.1. The number of nitrogens with two attached hydrogens (primary N) is 1. The smallest absolute Gasteiger partial charge is 0.376 e. The van der Waals surface area contributed by atoms with Crippen LogP contribution in [-0.2, 0) is 38.0 Å². The van der Waals surface area contributed by atoms with Crippen LogP contribution in [-0.4, -0.2) is 52.9 Å². The number of hydrogen-bond donors (Lipinski definition) is 1. The van der Waals surface area contributed by atoms with Crippen molar-refractivity contribution in [3.8, 4) is 11.3 Å². The lowest BCUT2D eigenvalue weighted by Crippen LogP contribution is -2.34. The average Bonchev–Trinajstić information content (AvgIpc) is 3.39. The first kappa shape index (κ1) is 25.7. The van der Waals surface area contributed by atoms with Crippen molar-refractivity contribution in [2.75, 3.05) is 18.9 Å². The largest absolute Gasteiger partial charge is 0.460 e. The molecule has 200 valence electrons. The molecule has 0 fully saturated rings. The molecule has 0 aliphatic carbocycles. The number of carbonyl (C=O) groups is 1. The van der Waals surface area contributed by atoms with Gasteiger partial charge in [0.25, 0.3) is 0 Å². The fourth-order valence-electron chi connectivity index (χ4n) is 4.92. The molecular formula is C27H34N8O3. The summed E-state index contributed by atoms with van der Waals surface area (Å²) in [4.78, 5) is 32.2. The summed E-state index contributed by atoms with van der Waals surface area (Å²) in [6.45, 7) is 11.6. The quantitative estimate of drug-likeness (QED) is 0.305. The van der Waals surface area contributed by atoms with Crippen LogP contribution in [0.25, 0.3) is 22.4 Å². The lowest BCUT2D eigenvalue weighted by atomic mass is 9.97. The number of hydrogen-bond acceptors (Lipinski definition) is 8. The van der Waals surface area contributed by atoms with Crippen LogP contribution in [0.1, 0.15) is 49.7 Å². The molecule has 4 heterocycles. The number of pyridine rings is 1. The number of anilines is 1. The molecule has 0 saturated heterocycles. The number of nitrogens with zero attached hydrogens (tertiary/aromatic N) is 7. The molecule has 0 bridgehead atoms. The van der Waals surface area contributed by atoms with Crippen LogP contribution in [0.15, 0.2) is 35.1 Å². The summed E-state index contributed by atoms with van der Waals surface area (Å²) in [5, 5.41) is 8.25. The zero-order chi connectivity index (χ0) is 27.2. The number of rotatable bonds is 6. The van der Waals surface area contributed by atoms with E-state index in [1.807, 2.05) is 28.8 Å². The first-order valence-corrected chi connectivity index (χ1v) is 12.8. The Morgan fingerprint density at radius 1 is 1.13 bits per heavy atom. The highest BCUT2D eigenvalue weighted by atomic mass is 16.5. The van der Waals surface area contributed by atoms with Crippen LogP contribution in [0.3, 0.4) is 0 Å². The number of aromatic nitrogens is 6. The van der Waals surface area contributed by atoms with Gasteiger partial charge in [-0.1, -0.05) is 26.8 Å². The first-order chi connectivity index (χ1) is 18.1. The van der Waals surface area contributed by atoms with E-state index in [-0.39, 0.29) is 16.9 Å². The molecular weight excluding hydrogens is 484 g/mol. The molecule has 0 radical (unpaired) electrons. The van der Waals surface area contributed by atoms with E-state index in [0.29, 0.717) is 44.1 Å². The van der Waals surface area contributed by atoms with E-state index in [4.69, 9.17) is 15.5 Å². The highest BCUT2D eigenvalue weighted by Crippen LogP contribution is 2.29. The van der Waals surface area contributed by atoms with Crippen LogP contribution in [0.4, 0.5) is 5.69 Å². The van der Waals surface area contributed by atoms with E-state index in [9.17, 15) is 9.59 Å². The molecule has 0 amide bonds. The van der Waals surface area contributed by atoms with Gasteiger partial charge in [0.15, 0.2) is 5.65 Å². The monoisotopic (exact) mass is 518 g/mol. The third-order valence-corrected chi connectivity index (χ3v) is 6.70. The van der Waals surface area contributed by atoms with E-state index in [1.165, 1.54) is 0 Å². The molecule has 2 N–H and O–H groups in total. The summed E-state index contributed by atoms with van der Waals surface area (Å²) < 4.78 is 10.3. The van der Waals surface area contributed by atoms with Crippen LogP contribution in [0.2, 0.25) is 0 Å². The van der Waals surface area contributed by atoms with Crippen LogP contribution in [0, 0.1) is 5.41 Å². The van der Waals surface area contributed by atoms with Gasteiger partial charge in [-0.2, -0.15) is 0 Å². The molecule has 3 aromatic heterocycles. The Morgan fingerprint density at radius 3 is 2.66 bits per heavy atom. The van der Waals surface area contributed by atoms with Gasteiger partial charge >= 0.3 is 11.7 Å². The summed E-state index contributed by atoms with van der Waals surface area (Å²) in [6.07, 6.45) is 0. The van der Waals surface area contributed by atoms with Gasteiger partial charge in [0.05, 0.1) is 24.4 Å². The van der Waals surface area contributed by atoms with Gasteiger partial charge in [-0.25, -0.2) is 14.6 Å². The van der Waals surface area contributed by atoms with E-state index in [0.717, 1.165) is 34.7 Å². The van der Waals surface area contributed by atoms with E-state index in [2.05, 4.69) is 41.9 Å². The van der Waals surface area contributed by atoms with Crippen LogP contribution < -0.4 is 11.4 Å². The zero-order valence-corrected chi connectivity index (χ0v) is 22.6. The Balaban J connectivity index is 1.40. The number of benzene rings is 1. The molecule has 4 aromatic rings. The Morgan fingerprint density at radius 2 is 1.92 bits per heavy atom. The molecule has 11 heteroatoms. The molecule has 0 spiro atoms. The van der Waals surface area contributed by atoms with E-state index in [1.54, 1.807) is 23.1 Å². The summed E-state index contributed by atoms with van der Waals surface area (Å²) in [6, 6.07) is 9.84. The minimum atomic E-state index is -0.446. The van der Waals surface area contributed by atoms with Crippen LogP contribution in [0.5, 0.6) is 0 Å². The molecule has 11 nitrogen and oxygen atoms in total. The second-order valence-electron chi connectivity index (χ2n) is 11.0. The fraction of sp³-hybridized carbons (Fsp3) is 0.444. The number of esters is 1. The van der Waals surface area contributed by atoms with Crippen molar-refractivity contribution in [1.82, 2.24) is 33.8 Å². The van der Waals surface area contributed by atoms with Gasteiger partial charge in [0.1, 0.15) is 5.82 Å². The van der Waals surface area contributed by atoms with Crippen LogP contribution >= 0.6 is 0 Å². The Labute approximate surface area is 220 Å². The third-order valence-electron chi connectivity index (χ3n) is 6.70. The van der Waals surface area contributed by atoms with Gasteiger partial charge in [0, 0.05) is 44.5 Å².